The fraction of sp³-hybridized carbons (Fsp3) is 0.250. The van der Waals surface area contributed by atoms with Gasteiger partial charge in [-0.05, 0) is 44.0 Å². The lowest BCUT2D eigenvalue weighted by Gasteiger charge is -2.15. The second kappa shape index (κ2) is 7.75. The third-order valence-electron chi connectivity index (χ3n) is 5.03. The van der Waals surface area contributed by atoms with Crippen molar-refractivity contribution in [1.82, 2.24) is 29.5 Å². The standard InChI is InChI=1S/C20H18ClFN8O2/c1-9(13-7-11(21)2-5-14(13)22)24-18-27-16-10(6-15-17(31)28-20(32)26-15)8-23-30(16)19(29-18)25-12-3-4-12/h2,5-9,12,31H,3-4H2,1H3,(H,24,25,29)(H2,26,28,32)/b10-6+/t9-/m1/s1. The van der Waals surface area contributed by atoms with Crippen LogP contribution in [0.2, 0.25) is 5.02 Å². The van der Waals surface area contributed by atoms with Crippen molar-refractivity contribution in [3.05, 3.63) is 67.8 Å². The molecule has 164 valence electrons. The first-order chi connectivity index (χ1) is 15.4. The highest BCUT2D eigenvalue weighted by Crippen LogP contribution is 2.24. The summed E-state index contributed by atoms with van der Waals surface area (Å²) in [4.78, 5) is 29.8. The number of benzene rings is 1. The van der Waals surface area contributed by atoms with Gasteiger partial charge in [0.1, 0.15) is 11.5 Å². The van der Waals surface area contributed by atoms with Crippen LogP contribution in [0.3, 0.4) is 0 Å². The summed E-state index contributed by atoms with van der Waals surface area (Å²) < 4.78 is 15.8. The monoisotopic (exact) mass is 456 g/mol. The van der Waals surface area contributed by atoms with Crippen LogP contribution >= 0.6 is 11.6 Å². The number of aromatic amines is 2. The number of hydrogen-bond donors (Lipinski definition) is 4. The highest BCUT2D eigenvalue weighted by atomic mass is 35.5. The van der Waals surface area contributed by atoms with E-state index in [0.717, 1.165) is 12.8 Å². The Morgan fingerprint density at radius 3 is 2.91 bits per heavy atom. The molecule has 10 nitrogen and oxygen atoms in total. The molecular weight excluding hydrogens is 439 g/mol. The number of aromatic hydroxyl groups is 1. The van der Waals surface area contributed by atoms with Crippen molar-refractivity contribution in [3.8, 4) is 5.88 Å². The lowest BCUT2D eigenvalue weighted by atomic mass is 10.1. The molecule has 1 saturated carbocycles. The van der Waals surface area contributed by atoms with Gasteiger partial charge in [0, 0.05) is 15.8 Å². The molecule has 3 heterocycles. The molecule has 3 aromatic heterocycles. The Morgan fingerprint density at radius 1 is 1.38 bits per heavy atom. The molecule has 32 heavy (non-hydrogen) atoms. The third kappa shape index (κ3) is 3.94. The molecule has 1 aliphatic rings. The second-order valence-electron chi connectivity index (χ2n) is 7.56. The number of anilines is 1. The molecule has 1 fully saturated rings. The minimum absolute atomic E-state index is 0.172. The maximum Gasteiger partial charge on any atom is 0.326 e. The van der Waals surface area contributed by atoms with Gasteiger partial charge >= 0.3 is 5.69 Å². The number of H-pyrrole nitrogens is 2. The summed E-state index contributed by atoms with van der Waals surface area (Å²) in [5.74, 6) is -0.468. The maximum absolute atomic E-state index is 14.3. The zero-order valence-corrected chi connectivity index (χ0v) is 17.6. The molecule has 0 saturated heterocycles. The summed E-state index contributed by atoms with van der Waals surface area (Å²) in [5, 5.41) is 18.2. The molecule has 0 aliphatic heterocycles. The zero-order chi connectivity index (χ0) is 22.4. The van der Waals surface area contributed by atoms with Gasteiger partial charge in [-0.1, -0.05) is 11.6 Å². The number of nitrogens with one attached hydrogen (secondary N) is 3. The Labute approximate surface area is 184 Å². The highest BCUT2D eigenvalue weighted by molar-refractivity contribution is 6.30. The number of halogens is 2. The fourth-order valence-corrected chi connectivity index (χ4v) is 3.44. The van der Waals surface area contributed by atoms with E-state index >= 15 is 0 Å². The Morgan fingerprint density at radius 2 is 2.19 bits per heavy atom. The maximum atomic E-state index is 14.3. The SMILES string of the molecule is C[C@@H](Nc1nc(=NC2CC2)n2nc/c(=C\c3[nH]c(=O)[nH]c3O)c2n1)c1cc(Cl)ccc1F. The quantitative estimate of drug-likeness (QED) is 0.358. The smallest absolute Gasteiger partial charge is 0.326 e. The van der Waals surface area contributed by atoms with Crippen LogP contribution < -0.4 is 21.8 Å². The minimum Gasteiger partial charge on any atom is -0.493 e. The van der Waals surface area contributed by atoms with E-state index in [2.05, 4.69) is 35.3 Å². The molecular formula is C20H18ClFN8O2. The van der Waals surface area contributed by atoms with Gasteiger partial charge < -0.3 is 15.4 Å². The van der Waals surface area contributed by atoms with Crippen molar-refractivity contribution in [1.29, 1.82) is 0 Å². The first kappa shape index (κ1) is 20.2. The van der Waals surface area contributed by atoms with Gasteiger partial charge in [0.25, 0.3) is 5.62 Å². The molecule has 0 bridgehead atoms. The number of rotatable bonds is 5. The van der Waals surface area contributed by atoms with E-state index in [9.17, 15) is 14.3 Å². The predicted molar refractivity (Wildman–Crippen MR) is 115 cm³/mol. The van der Waals surface area contributed by atoms with E-state index in [1.54, 1.807) is 13.0 Å². The molecule has 0 radical (unpaired) electrons. The van der Waals surface area contributed by atoms with Crippen LogP contribution in [0.1, 0.15) is 37.1 Å². The van der Waals surface area contributed by atoms with Gasteiger partial charge in [-0.3, -0.25) is 4.98 Å². The summed E-state index contributed by atoms with van der Waals surface area (Å²) >= 11 is 6.02. The fourth-order valence-electron chi connectivity index (χ4n) is 3.26. The predicted octanol–water partition coefficient (Wildman–Crippen LogP) is 1.42. The second-order valence-corrected chi connectivity index (χ2v) is 8.00. The molecule has 1 aromatic carbocycles. The van der Waals surface area contributed by atoms with Crippen LogP contribution in [-0.2, 0) is 0 Å². The lowest BCUT2D eigenvalue weighted by molar-refractivity contribution is 0.454. The van der Waals surface area contributed by atoms with Gasteiger partial charge in [-0.2, -0.15) is 19.6 Å². The van der Waals surface area contributed by atoms with E-state index in [0.29, 0.717) is 27.1 Å². The largest absolute Gasteiger partial charge is 0.493 e. The minimum atomic E-state index is -0.538. The molecule has 4 N–H and O–H groups in total. The van der Waals surface area contributed by atoms with Crippen LogP contribution in [-0.4, -0.2) is 40.7 Å². The summed E-state index contributed by atoms with van der Waals surface area (Å²) in [7, 11) is 0. The number of imidazole rings is 1. The topological polar surface area (TPSA) is 136 Å². The lowest BCUT2D eigenvalue weighted by Crippen LogP contribution is -2.25. The normalized spacial score (nSPS) is 16.1. The molecule has 5 rings (SSSR count). The van der Waals surface area contributed by atoms with Crippen LogP contribution in [0.25, 0.3) is 11.7 Å². The molecule has 1 aliphatic carbocycles. The number of aromatic nitrogens is 6. The first-order valence-corrected chi connectivity index (χ1v) is 10.3. The summed E-state index contributed by atoms with van der Waals surface area (Å²) in [5.41, 5.74) is 0.779. The Bertz CT molecular complexity index is 1500. The average molecular weight is 457 g/mol. The number of fused-ring (bicyclic) bond motifs is 1. The molecule has 4 aromatic rings. The number of hydrogen-bond acceptors (Lipinski definition) is 7. The molecule has 0 amide bonds. The Kier molecular flexibility index (Phi) is 4.89. The third-order valence-corrected chi connectivity index (χ3v) is 5.26. The molecule has 0 unspecified atom stereocenters. The summed E-state index contributed by atoms with van der Waals surface area (Å²) in [6.45, 7) is 1.77. The van der Waals surface area contributed by atoms with Crippen molar-refractivity contribution >= 4 is 29.3 Å². The van der Waals surface area contributed by atoms with Crippen molar-refractivity contribution in [2.75, 3.05) is 5.32 Å². The van der Waals surface area contributed by atoms with E-state index < -0.39 is 17.5 Å². The molecule has 0 spiro atoms. The van der Waals surface area contributed by atoms with E-state index in [1.807, 2.05) is 0 Å². The highest BCUT2D eigenvalue weighted by Gasteiger charge is 2.21. The van der Waals surface area contributed by atoms with Crippen LogP contribution in [0.5, 0.6) is 5.88 Å². The van der Waals surface area contributed by atoms with Gasteiger partial charge in [0.2, 0.25) is 11.8 Å². The molecule has 12 heteroatoms. The van der Waals surface area contributed by atoms with Gasteiger partial charge in [-0.15, -0.1) is 0 Å². The zero-order valence-electron chi connectivity index (χ0n) is 16.8. The van der Waals surface area contributed by atoms with Crippen molar-refractivity contribution < 1.29 is 9.50 Å². The van der Waals surface area contributed by atoms with Crippen LogP contribution in [0, 0.1) is 5.82 Å². The van der Waals surface area contributed by atoms with E-state index in [-0.39, 0.29) is 23.6 Å². The Hall–Kier alpha value is -3.73. The van der Waals surface area contributed by atoms with Crippen molar-refractivity contribution in [2.24, 2.45) is 4.99 Å². The molecule has 1 atom stereocenters. The summed E-state index contributed by atoms with van der Waals surface area (Å²) in [6.07, 6.45) is 5.01. The van der Waals surface area contributed by atoms with Gasteiger partial charge in [0.05, 0.1) is 18.3 Å². The van der Waals surface area contributed by atoms with Gasteiger partial charge in [0.15, 0.2) is 5.65 Å². The van der Waals surface area contributed by atoms with E-state index in [1.165, 1.54) is 28.9 Å². The van der Waals surface area contributed by atoms with Crippen LogP contribution in [0.15, 0.2) is 34.2 Å². The van der Waals surface area contributed by atoms with Crippen LogP contribution in [0.4, 0.5) is 10.3 Å². The average Bonchev–Trinajstić information content (AvgIpc) is 3.38. The number of nitrogens with zero attached hydrogens (tertiary/aromatic N) is 5. The van der Waals surface area contributed by atoms with Gasteiger partial charge in [-0.25, -0.2) is 14.2 Å². The Balaban J connectivity index is 1.62. The van der Waals surface area contributed by atoms with E-state index in [4.69, 9.17) is 11.6 Å². The van der Waals surface area contributed by atoms with Crippen molar-refractivity contribution in [2.45, 2.75) is 31.8 Å². The first-order valence-electron chi connectivity index (χ1n) is 9.91. The van der Waals surface area contributed by atoms with Crippen molar-refractivity contribution in [3.63, 3.8) is 0 Å². The summed E-state index contributed by atoms with van der Waals surface area (Å²) in [6, 6.07) is 4.03.